The van der Waals surface area contributed by atoms with E-state index in [1.807, 2.05) is 13.8 Å². The number of rotatable bonds is 7. The van der Waals surface area contributed by atoms with Crippen molar-refractivity contribution in [2.45, 2.75) is 37.2 Å². The highest BCUT2D eigenvalue weighted by Crippen LogP contribution is 2.34. The maximum absolute atomic E-state index is 12.1. The lowest BCUT2D eigenvalue weighted by Gasteiger charge is -2.30. The summed E-state index contributed by atoms with van der Waals surface area (Å²) in [5.74, 6) is -0.215. The first-order chi connectivity index (χ1) is 8.92. The fourth-order valence-electron chi connectivity index (χ4n) is 1.73. The summed E-state index contributed by atoms with van der Waals surface area (Å²) in [5.41, 5.74) is 0. The normalized spacial score (nSPS) is 15.0. The van der Waals surface area contributed by atoms with Gasteiger partial charge in [-0.15, -0.1) is 11.6 Å². The largest absolute Gasteiger partial charge is 0.333 e. The second-order valence-corrected chi connectivity index (χ2v) is 6.32. The molecule has 0 saturated heterocycles. The van der Waals surface area contributed by atoms with Gasteiger partial charge in [0.2, 0.25) is 5.91 Å². The Morgan fingerprint density at radius 3 is 2.68 bits per heavy atom. The molecule has 1 N–H and O–H groups in total. The molecule has 1 rings (SSSR count). The summed E-state index contributed by atoms with van der Waals surface area (Å²) in [6, 6.07) is 0. The van der Waals surface area contributed by atoms with Gasteiger partial charge in [-0.05, 0) is 6.42 Å². The Morgan fingerprint density at radius 2 is 2.21 bits per heavy atom. The van der Waals surface area contributed by atoms with E-state index in [2.05, 4.69) is 10.3 Å². The standard InChI is InChI=1S/C12H18Cl3N3O/c1-3-4-9(2)10(19)17-11(12(14,15)7-13)18-6-5-16-8-18/h5-6,8-9,11H,3-4,7H2,1-2H3,(H,17,19). The van der Waals surface area contributed by atoms with Crippen molar-refractivity contribution in [3.8, 4) is 0 Å². The summed E-state index contributed by atoms with van der Waals surface area (Å²) >= 11 is 18.1. The fourth-order valence-corrected chi connectivity index (χ4v) is 2.22. The van der Waals surface area contributed by atoms with Crippen LogP contribution in [-0.2, 0) is 4.79 Å². The van der Waals surface area contributed by atoms with Crippen LogP contribution in [0.15, 0.2) is 18.7 Å². The Hall–Kier alpha value is -0.450. The van der Waals surface area contributed by atoms with E-state index in [-0.39, 0.29) is 17.7 Å². The van der Waals surface area contributed by atoms with Crippen molar-refractivity contribution in [3.05, 3.63) is 18.7 Å². The van der Waals surface area contributed by atoms with E-state index in [0.717, 1.165) is 12.8 Å². The average molecular weight is 327 g/mol. The van der Waals surface area contributed by atoms with E-state index in [9.17, 15) is 4.79 Å². The molecule has 108 valence electrons. The molecule has 0 bridgehead atoms. The lowest BCUT2D eigenvalue weighted by molar-refractivity contribution is -0.126. The number of hydrogen-bond acceptors (Lipinski definition) is 2. The minimum atomic E-state index is -1.30. The molecular weight excluding hydrogens is 309 g/mol. The number of nitrogens with zero attached hydrogens (tertiary/aromatic N) is 2. The topological polar surface area (TPSA) is 46.9 Å². The summed E-state index contributed by atoms with van der Waals surface area (Å²) in [6.45, 7) is 3.90. The molecule has 0 radical (unpaired) electrons. The van der Waals surface area contributed by atoms with Crippen molar-refractivity contribution < 1.29 is 4.79 Å². The van der Waals surface area contributed by atoms with Crippen LogP contribution in [0.1, 0.15) is 32.9 Å². The molecule has 0 spiro atoms. The second-order valence-electron chi connectivity index (χ2n) is 4.51. The van der Waals surface area contributed by atoms with E-state index in [4.69, 9.17) is 34.8 Å². The molecule has 0 fully saturated rings. The molecule has 19 heavy (non-hydrogen) atoms. The Labute approximate surface area is 128 Å². The summed E-state index contributed by atoms with van der Waals surface area (Å²) in [4.78, 5) is 16.0. The van der Waals surface area contributed by atoms with Crippen molar-refractivity contribution in [1.29, 1.82) is 0 Å². The first-order valence-electron chi connectivity index (χ1n) is 6.14. The summed E-state index contributed by atoms with van der Waals surface area (Å²) in [7, 11) is 0. The number of hydrogen-bond donors (Lipinski definition) is 1. The minimum Gasteiger partial charge on any atom is -0.333 e. The molecule has 1 heterocycles. The van der Waals surface area contributed by atoms with E-state index in [1.54, 1.807) is 23.3 Å². The SMILES string of the molecule is CCCC(C)C(=O)NC(n1ccnc1)C(Cl)(Cl)CCl. The number of imidazole rings is 1. The molecule has 2 unspecified atom stereocenters. The van der Waals surface area contributed by atoms with Crippen molar-refractivity contribution in [2.24, 2.45) is 5.92 Å². The van der Waals surface area contributed by atoms with Crippen molar-refractivity contribution in [2.75, 3.05) is 5.88 Å². The van der Waals surface area contributed by atoms with E-state index < -0.39 is 10.5 Å². The third-order valence-electron chi connectivity index (χ3n) is 2.85. The van der Waals surface area contributed by atoms with Gasteiger partial charge in [-0.25, -0.2) is 4.98 Å². The number of carbonyl (C=O) groups is 1. The van der Waals surface area contributed by atoms with Gasteiger partial charge in [-0.1, -0.05) is 43.5 Å². The van der Waals surface area contributed by atoms with Crippen LogP contribution in [0.25, 0.3) is 0 Å². The molecule has 4 nitrogen and oxygen atoms in total. The first-order valence-corrected chi connectivity index (χ1v) is 7.43. The van der Waals surface area contributed by atoms with Gasteiger partial charge >= 0.3 is 0 Å². The molecule has 0 aromatic carbocycles. The smallest absolute Gasteiger partial charge is 0.224 e. The zero-order valence-corrected chi connectivity index (χ0v) is 13.2. The Morgan fingerprint density at radius 1 is 1.53 bits per heavy atom. The number of halogens is 3. The van der Waals surface area contributed by atoms with E-state index in [1.165, 1.54) is 0 Å². The van der Waals surface area contributed by atoms with Gasteiger partial charge < -0.3 is 9.88 Å². The van der Waals surface area contributed by atoms with Gasteiger partial charge in [-0.2, -0.15) is 0 Å². The molecule has 0 aliphatic carbocycles. The predicted octanol–water partition coefficient (Wildman–Crippen LogP) is 3.35. The van der Waals surface area contributed by atoms with Crippen LogP contribution < -0.4 is 5.32 Å². The van der Waals surface area contributed by atoms with Crippen LogP contribution in [0.2, 0.25) is 0 Å². The van der Waals surface area contributed by atoms with Crippen LogP contribution in [0, 0.1) is 5.92 Å². The third kappa shape index (κ3) is 4.55. The highest BCUT2D eigenvalue weighted by Gasteiger charge is 2.37. The molecule has 0 aliphatic heterocycles. The lowest BCUT2D eigenvalue weighted by Crippen LogP contribution is -2.45. The molecule has 7 heteroatoms. The summed E-state index contributed by atoms with van der Waals surface area (Å²) in [5, 5.41) is 2.83. The molecule has 0 saturated carbocycles. The Kier molecular flexibility index (Phi) is 6.43. The van der Waals surface area contributed by atoms with Crippen molar-refractivity contribution in [1.82, 2.24) is 14.9 Å². The van der Waals surface area contributed by atoms with Crippen LogP contribution in [0.4, 0.5) is 0 Å². The monoisotopic (exact) mass is 325 g/mol. The van der Waals surface area contributed by atoms with Crippen LogP contribution in [0.5, 0.6) is 0 Å². The van der Waals surface area contributed by atoms with E-state index >= 15 is 0 Å². The molecule has 1 aromatic heterocycles. The Balaban J connectivity index is 2.85. The third-order valence-corrected chi connectivity index (χ3v) is 4.23. The number of carbonyl (C=O) groups excluding carboxylic acids is 1. The maximum Gasteiger partial charge on any atom is 0.224 e. The zero-order chi connectivity index (χ0) is 14.5. The summed E-state index contributed by atoms with van der Waals surface area (Å²) < 4.78 is 0.336. The molecular formula is C12H18Cl3N3O. The van der Waals surface area contributed by atoms with Crippen molar-refractivity contribution >= 4 is 40.7 Å². The van der Waals surface area contributed by atoms with Gasteiger partial charge in [0.15, 0.2) is 4.33 Å². The summed E-state index contributed by atoms with van der Waals surface area (Å²) in [6.07, 6.45) is 5.91. The van der Waals surface area contributed by atoms with Gasteiger partial charge in [0, 0.05) is 18.3 Å². The number of amides is 1. The molecule has 1 aromatic rings. The first kappa shape index (κ1) is 16.6. The quantitative estimate of drug-likeness (QED) is 0.781. The highest BCUT2D eigenvalue weighted by molar-refractivity contribution is 6.51. The second kappa shape index (κ2) is 7.36. The Bertz CT molecular complexity index is 395. The maximum atomic E-state index is 12.1. The van der Waals surface area contributed by atoms with Gasteiger partial charge in [-0.3, -0.25) is 4.79 Å². The predicted molar refractivity (Wildman–Crippen MR) is 78.6 cm³/mol. The van der Waals surface area contributed by atoms with E-state index in [0.29, 0.717) is 0 Å². The van der Waals surface area contributed by atoms with Crippen molar-refractivity contribution in [3.63, 3.8) is 0 Å². The molecule has 0 aliphatic rings. The van der Waals surface area contributed by atoms with Crippen LogP contribution in [-0.4, -0.2) is 25.7 Å². The number of alkyl halides is 3. The lowest BCUT2D eigenvalue weighted by atomic mass is 10.1. The molecule has 2 atom stereocenters. The van der Waals surface area contributed by atoms with Crippen LogP contribution in [0.3, 0.4) is 0 Å². The fraction of sp³-hybridized carbons (Fsp3) is 0.667. The minimum absolute atomic E-state index is 0.0125. The van der Waals surface area contributed by atoms with Gasteiger partial charge in [0.05, 0.1) is 12.2 Å². The molecule has 1 amide bonds. The highest BCUT2D eigenvalue weighted by atomic mass is 35.5. The number of aromatic nitrogens is 2. The average Bonchev–Trinajstić information content (AvgIpc) is 2.89. The number of nitrogens with one attached hydrogen (secondary N) is 1. The van der Waals surface area contributed by atoms with Crippen LogP contribution >= 0.6 is 34.8 Å². The zero-order valence-electron chi connectivity index (χ0n) is 10.9. The van der Waals surface area contributed by atoms with Gasteiger partial charge in [0.1, 0.15) is 6.17 Å². The van der Waals surface area contributed by atoms with Gasteiger partial charge in [0.25, 0.3) is 0 Å².